The summed E-state index contributed by atoms with van der Waals surface area (Å²) in [7, 11) is 0. The molecule has 3 aromatic rings. The zero-order valence-corrected chi connectivity index (χ0v) is 16.5. The van der Waals surface area contributed by atoms with Crippen LogP contribution >= 0.6 is 0 Å². The van der Waals surface area contributed by atoms with Crippen molar-refractivity contribution in [1.29, 1.82) is 0 Å². The first kappa shape index (κ1) is 19.0. The lowest BCUT2D eigenvalue weighted by Gasteiger charge is -2.36. The molecule has 7 heteroatoms. The lowest BCUT2D eigenvalue weighted by molar-refractivity contribution is 0.194. The van der Waals surface area contributed by atoms with Crippen molar-refractivity contribution in [3.05, 3.63) is 66.1 Å². The third kappa shape index (κ3) is 4.74. The Morgan fingerprint density at radius 3 is 2.41 bits per heavy atom. The van der Waals surface area contributed by atoms with Crippen LogP contribution < -0.4 is 10.2 Å². The number of nitrogens with zero attached hydrogens (tertiary/aromatic N) is 4. The fourth-order valence-corrected chi connectivity index (χ4v) is 3.48. The highest BCUT2D eigenvalue weighted by atomic mass is 16.5. The summed E-state index contributed by atoms with van der Waals surface area (Å²) < 4.78 is 5.04. The highest BCUT2D eigenvalue weighted by Gasteiger charge is 2.21. The number of nitrogens with one attached hydrogen (secondary N) is 1. The van der Waals surface area contributed by atoms with E-state index in [-0.39, 0.29) is 6.03 Å². The number of carbonyl (C=O) groups is 1. The third-order valence-corrected chi connectivity index (χ3v) is 5.12. The number of piperazine rings is 1. The van der Waals surface area contributed by atoms with Crippen molar-refractivity contribution >= 4 is 11.7 Å². The smallest absolute Gasteiger partial charge is 0.317 e. The van der Waals surface area contributed by atoms with Crippen molar-refractivity contribution in [3.8, 4) is 11.4 Å². The van der Waals surface area contributed by atoms with Gasteiger partial charge in [-0.05, 0) is 36.2 Å². The summed E-state index contributed by atoms with van der Waals surface area (Å²) in [6.45, 7) is 5.48. The SMILES string of the molecule is Cc1nc(-c2ccc(N3CCN(C(=O)NCCc4ccccc4)CC3)cc2)no1. The molecule has 1 saturated heterocycles. The lowest BCUT2D eigenvalue weighted by Crippen LogP contribution is -2.52. The molecule has 1 N–H and O–H groups in total. The zero-order valence-electron chi connectivity index (χ0n) is 16.5. The van der Waals surface area contributed by atoms with Crippen LogP contribution in [-0.4, -0.2) is 53.8 Å². The van der Waals surface area contributed by atoms with Gasteiger partial charge in [-0.2, -0.15) is 4.98 Å². The van der Waals surface area contributed by atoms with E-state index >= 15 is 0 Å². The van der Waals surface area contributed by atoms with E-state index in [0.717, 1.165) is 30.8 Å². The molecule has 2 aromatic carbocycles. The van der Waals surface area contributed by atoms with Gasteiger partial charge in [0.25, 0.3) is 0 Å². The Bertz CT molecular complexity index is 931. The maximum atomic E-state index is 12.4. The molecule has 0 bridgehead atoms. The molecular formula is C22H25N5O2. The van der Waals surface area contributed by atoms with E-state index in [0.29, 0.717) is 31.3 Å². The van der Waals surface area contributed by atoms with Crippen LogP contribution in [0.5, 0.6) is 0 Å². The van der Waals surface area contributed by atoms with Crippen molar-refractivity contribution in [2.75, 3.05) is 37.6 Å². The molecule has 1 fully saturated rings. The number of hydrogen-bond acceptors (Lipinski definition) is 5. The van der Waals surface area contributed by atoms with Crippen LogP contribution in [0.15, 0.2) is 59.1 Å². The van der Waals surface area contributed by atoms with E-state index in [1.54, 1.807) is 6.92 Å². The van der Waals surface area contributed by atoms with Crippen molar-refractivity contribution in [1.82, 2.24) is 20.4 Å². The molecule has 7 nitrogen and oxygen atoms in total. The Balaban J connectivity index is 1.25. The minimum Gasteiger partial charge on any atom is -0.368 e. The van der Waals surface area contributed by atoms with E-state index < -0.39 is 0 Å². The summed E-state index contributed by atoms with van der Waals surface area (Å²) in [6, 6.07) is 18.4. The van der Waals surface area contributed by atoms with Crippen LogP contribution in [0.1, 0.15) is 11.5 Å². The first-order valence-electron chi connectivity index (χ1n) is 9.91. The number of rotatable bonds is 5. The number of aryl methyl sites for hydroxylation is 1. The largest absolute Gasteiger partial charge is 0.368 e. The van der Waals surface area contributed by atoms with E-state index in [2.05, 4.69) is 44.6 Å². The van der Waals surface area contributed by atoms with Crippen LogP contribution in [0.2, 0.25) is 0 Å². The second-order valence-electron chi connectivity index (χ2n) is 7.13. The molecule has 0 unspecified atom stereocenters. The van der Waals surface area contributed by atoms with Crippen molar-refractivity contribution < 1.29 is 9.32 Å². The van der Waals surface area contributed by atoms with Gasteiger partial charge in [-0.3, -0.25) is 0 Å². The molecule has 4 rings (SSSR count). The van der Waals surface area contributed by atoms with Crippen LogP contribution in [0.3, 0.4) is 0 Å². The molecule has 0 spiro atoms. The maximum absolute atomic E-state index is 12.4. The fourth-order valence-electron chi connectivity index (χ4n) is 3.48. The van der Waals surface area contributed by atoms with Crippen molar-refractivity contribution in [2.24, 2.45) is 0 Å². The molecule has 1 aliphatic heterocycles. The highest BCUT2D eigenvalue weighted by molar-refractivity contribution is 5.74. The molecule has 0 atom stereocenters. The average Bonchev–Trinajstić information content (AvgIpc) is 3.21. The van der Waals surface area contributed by atoms with E-state index in [9.17, 15) is 4.79 Å². The van der Waals surface area contributed by atoms with E-state index in [4.69, 9.17) is 4.52 Å². The number of carbonyl (C=O) groups excluding carboxylic acids is 1. The Kier molecular flexibility index (Phi) is 5.74. The fraction of sp³-hybridized carbons (Fsp3) is 0.318. The Morgan fingerprint density at radius 1 is 1.03 bits per heavy atom. The molecule has 1 aromatic heterocycles. The van der Waals surface area contributed by atoms with Gasteiger partial charge in [-0.1, -0.05) is 35.5 Å². The maximum Gasteiger partial charge on any atom is 0.317 e. The molecule has 0 aliphatic carbocycles. The molecule has 2 amide bonds. The summed E-state index contributed by atoms with van der Waals surface area (Å²) in [6.07, 6.45) is 0.846. The number of amides is 2. The zero-order chi connectivity index (χ0) is 20.1. The number of anilines is 1. The van der Waals surface area contributed by atoms with Crippen LogP contribution in [-0.2, 0) is 6.42 Å². The predicted octanol–water partition coefficient (Wildman–Crippen LogP) is 3.12. The van der Waals surface area contributed by atoms with E-state index in [1.807, 2.05) is 35.2 Å². The summed E-state index contributed by atoms with van der Waals surface area (Å²) >= 11 is 0. The van der Waals surface area contributed by atoms with Gasteiger partial charge < -0.3 is 19.6 Å². The topological polar surface area (TPSA) is 74.5 Å². The van der Waals surface area contributed by atoms with Crippen LogP contribution in [0, 0.1) is 6.92 Å². The van der Waals surface area contributed by atoms with Gasteiger partial charge in [0.1, 0.15) is 0 Å². The van der Waals surface area contributed by atoms with Gasteiger partial charge in [0.2, 0.25) is 11.7 Å². The summed E-state index contributed by atoms with van der Waals surface area (Å²) in [5.41, 5.74) is 3.30. The van der Waals surface area contributed by atoms with Gasteiger partial charge >= 0.3 is 6.03 Å². The van der Waals surface area contributed by atoms with Crippen LogP contribution in [0.25, 0.3) is 11.4 Å². The normalized spacial score (nSPS) is 14.1. The molecule has 0 saturated carbocycles. The molecular weight excluding hydrogens is 366 g/mol. The minimum atomic E-state index is 0.0170. The van der Waals surface area contributed by atoms with Gasteiger partial charge in [-0.25, -0.2) is 4.79 Å². The van der Waals surface area contributed by atoms with Gasteiger partial charge in [0.15, 0.2) is 0 Å². The molecule has 2 heterocycles. The standard InChI is InChI=1S/C22H25N5O2/c1-17-24-21(25-29-17)19-7-9-20(10-8-19)26-13-15-27(16-14-26)22(28)23-12-11-18-5-3-2-4-6-18/h2-10H,11-16H2,1H3,(H,23,28). The van der Waals surface area contributed by atoms with Crippen molar-refractivity contribution in [3.63, 3.8) is 0 Å². The Labute approximate surface area is 170 Å². The summed E-state index contributed by atoms with van der Waals surface area (Å²) in [5.74, 6) is 1.16. The highest BCUT2D eigenvalue weighted by Crippen LogP contribution is 2.22. The van der Waals surface area contributed by atoms with Crippen molar-refractivity contribution in [2.45, 2.75) is 13.3 Å². The second kappa shape index (κ2) is 8.77. The summed E-state index contributed by atoms with van der Waals surface area (Å²) in [5, 5.41) is 6.98. The van der Waals surface area contributed by atoms with Crippen LogP contribution in [0.4, 0.5) is 10.5 Å². The number of benzene rings is 2. The number of aromatic nitrogens is 2. The third-order valence-electron chi connectivity index (χ3n) is 5.12. The molecule has 1 aliphatic rings. The first-order chi connectivity index (χ1) is 14.2. The minimum absolute atomic E-state index is 0.0170. The predicted molar refractivity (Wildman–Crippen MR) is 112 cm³/mol. The molecule has 150 valence electrons. The monoisotopic (exact) mass is 391 g/mol. The van der Waals surface area contributed by atoms with Gasteiger partial charge in [-0.15, -0.1) is 0 Å². The quantitative estimate of drug-likeness (QED) is 0.723. The number of hydrogen-bond donors (Lipinski definition) is 1. The van der Waals surface area contributed by atoms with Gasteiger partial charge in [0.05, 0.1) is 0 Å². The molecule has 29 heavy (non-hydrogen) atoms. The first-order valence-corrected chi connectivity index (χ1v) is 9.91. The number of urea groups is 1. The Hall–Kier alpha value is -3.35. The summed E-state index contributed by atoms with van der Waals surface area (Å²) in [4.78, 5) is 20.8. The average molecular weight is 391 g/mol. The molecule has 0 radical (unpaired) electrons. The van der Waals surface area contributed by atoms with E-state index in [1.165, 1.54) is 5.56 Å². The lowest BCUT2D eigenvalue weighted by atomic mass is 10.1. The Morgan fingerprint density at radius 2 is 1.76 bits per heavy atom. The van der Waals surface area contributed by atoms with Gasteiger partial charge in [0, 0.05) is 50.9 Å². The second-order valence-corrected chi connectivity index (χ2v) is 7.13.